The van der Waals surface area contributed by atoms with Crippen molar-refractivity contribution in [3.05, 3.63) is 119 Å². The highest BCUT2D eigenvalue weighted by Crippen LogP contribution is 2.52. The fourth-order valence-corrected chi connectivity index (χ4v) is 8.97. The summed E-state index contributed by atoms with van der Waals surface area (Å²) in [5, 5.41) is 5.24. The van der Waals surface area contributed by atoms with E-state index in [4.69, 9.17) is 0 Å². The van der Waals surface area contributed by atoms with Crippen molar-refractivity contribution in [3.8, 4) is 0 Å². The van der Waals surface area contributed by atoms with Crippen LogP contribution in [-0.2, 0) is 23.8 Å². The van der Waals surface area contributed by atoms with E-state index in [1.807, 2.05) is 72.8 Å². The maximum absolute atomic E-state index is 15.8. The van der Waals surface area contributed by atoms with E-state index in [2.05, 4.69) is 32.9 Å². The van der Waals surface area contributed by atoms with E-state index in [9.17, 15) is 4.79 Å². The number of aryl methyl sites for hydroxylation is 1. The summed E-state index contributed by atoms with van der Waals surface area (Å²) in [7, 11) is -3.79. The van der Waals surface area contributed by atoms with E-state index in [0.717, 1.165) is 45.3 Å². The summed E-state index contributed by atoms with van der Waals surface area (Å²) in [5.41, 5.74) is 3.78. The summed E-state index contributed by atoms with van der Waals surface area (Å²) < 4.78 is 15.8. The molecule has 36 heavy (non-hydrogen) atoms. The molecule has 3 heteroatoms. The second-order valence-electron chi connectivity index (χ2n) is 9.17. The third-order valence-corrected chi connectivity index (χ3v) is 10.3. The van der Waals surface area contributed by atoms with E-state index < -0.39 is 7.14 Å². The van der Waals surface area contributed by atoms with E-state index in [1.165, 1.54) is 11.1 Å². The lowest BCUT2D eigenvalue weighted by Gasteiger charge is -2.27. The Bertz CT molecular complexity index is 1630. The van der Waals surface area contributed by atoms with Crippen LogP contribution >= 0.6 is 7.14 Å². The van der Waals surface area contributed by atoms with Crippen molar-refractivity contribution in [2.75, 3.05) is 0 Å². The van der Waals surface area contributed by atoms with E-state index in [-0.39, 0.29) is 5.52 Å². The molecule has 0 aliphatic rings. The highest BCUT2D eigenvalue weighted by Gasteiger charge is 2.41. The highest BCUT2D eigenvalue weighted by molar-refractivity contribution is 7.94. The topological polar surface area (TPSA) is 34.1 Å². The molecule has 0 bridgehead atoms. The van der Waals surface area contributed by atoms with Gasteiger partial charge in [0.2, 0.25) is 12.7 Å². The first kappa shape index (κ1) is 24.2. The van der Waals surface area contributed by atoms with E-state index >= 15 is 4.57 Å². The van der Waals surface area contributed by atoms with Crippen molar-refractivity contribution >= 4 is 44.8 Å². The fourth-order valence-electron chi connectivity index (χ4n) is 5.75. The van der Waals surface area contributed by atoms with Crippen LogP contribution in [0.1, 0.15) is 47.8 Å². The van der Waals surface area contributed by atoms with Gasteiger partial charge in [-0.05, 0) is 57.5 Å². The minimum atomic E-state index is -3.79. The number of fused-ring (bicyclic) bond motifs is 2. The molecule has 1 unspecified atom stereocenters. The molecule has 0 fully saturated rings. The molecule has 0 aliphatic heterocycles. The summed E-state index contributed by atoms with van der Waals surface area (Å²) in [5.74, 6) is 0. The summed E-state index contributed by atoms with van der Waals surface area (Å²) >= 11 is 0. The molecule has 180 valence electrons. The number of hydrogen-bond donors (Lipinski definition) is 0. The molecule has 5 aromatic rings. The van der Waals surface area contributed by atoms with Crippen molar-refractivity contribution in [1.29, 1.82) is 0 Å². The third-order valence-electron chi connectivity index (χ3n) is 7.31. The van der Waals surface area contributed by atoms with Crippen LogP contribution in [0.5, 0.6) is 0 Å². The molecule has 0 aromatic heterocycles. The van der Waals surface area contributed by atoms with Crippen molar-refractivity contribution in [2.24, 2.45) is 0 Å². The molecule has 5 aromatic carbocycles. The average molecular weight is 491 g/mol. The number of carbonyl (C=O) groups is 1. The van der Waals surface area contributed by atoms with Gasteiger partial charge < -0.3 is 4.57 Å². The average Bonchev–Trinajstić information content (AvgIpc) is 2.95. The Morgan fingerprint density at radius 1 is 0.583 bits per heavy atom. The Hall–Kier alpha value is -3.48. The molecular weight excluding hydrogens is 459 g/mol. The number of carbonyl (C=O) groups excluding carboxylic acids is 1. The first-order valence-electron chi connectivity index (χ1n) is 12.8. The van der Waals surface area contributed by atoms with Crippen LogP contribution in [0, 0.1) is 0 Å². The molecule has 0 spiro atoms. The van der Waals surface area contributed by atoms with Gasteiger partial charge in [-0.3, -0.25) is 4.79 Å². The highest BCUT2D eigenvalue weighted by atomic mass is 31.2. The van der Waals surface area contributed by atoms with E-state index in [1.54, 1.807) is 12.1 Å². The second kappa shape index (κ2) is 9.88. The summed E-state index contributed by atoms with van der Waals surface area (Å²) in [6.45, 7) is 6.46. The molecular formula is C33H31O2P. The largest absolute Gasteiger partial charge is 0.305 e. The van der Waals surface area contributed by atoms with Crippen LogP contribution in [0.15, 0.2) is 97.1 Å². The van der Waals surface area contributed by atoms with Gasteiger partial charge in [-0.25, -0.2) is 0 Å². The smallest absolute Gasteiger partial charge is 0.230 e. The summed E-state index contributed by atoms with van der Waals surface area (Å²) in [6.07, 6.45) is 2.44. The molecule has 2 nitrogen and oxygen atoms in total. The van der Waals surface area contributed by atoms with Gasteiger partial charge in [-0.15, -0.1) is 0 Å². The predicted molar refractivity (Wildman–Crippen MR) is 154 cm³/mol. The Morgan fingerprint density at radius 2 is 1.14 bits per heavy atom. The Kier molecular flexibility index (Phi) is 6.65. The molecule has 0 aliphatic carbocycles. The van der Waals surface area contributed by atoms with Crippen LogP contribution in [0.4, 0.5) is 0 Å². The predicted octanol–water partition coefficient (Wildman–Crippen LogP) is 7.83. The normalized spacial score (nSPS) is 13.1. The fraction of sp³-hybridized carbons (Fsp3) is 0.182. The van der Waals surface area contributed by atoms with Crippen molar-refractivity contribution < 1.29 is 9.36 Å². The lowest BCUT2D eigenvalue weighted by molar-refractivity contribution is 0.107. The number of hydrogen-bond acceptors (Lipinski definition) is 2. The monoisotopic (exact) mass is 490 g/mol. The first-order chi connectivity index (χ1) is 17.6. The second-order valence-corrected chi connectivity index (χ2v) is 11.7. The maximum Gasteiger partial charge on any atom is 0.230 e. The zero-order chi connectivity index (χ0) is 25.3. The zero-order valence-electron chi connectivity index (χ0n) is 21.1. The lowest BCUT2D eigenvalue weighted by Crippen LogP contribution is -2.28. The quantitative estimate of drug-likeness (QED) is 0.218. The van der Waals surface area contributed by atoms with Gasteiger partial charge in [0, 0.05) is 16.2 Å². The number of benzene rings is 5. The number of rotatable bonds is 7. The summed E-state index contributed by atoms with van der Waals surface area (Å²) in [6, 6.07) is 31.2. The van der Waals surface area contributed by atoms with Crippen molar-refractivity contribution in [1.82, 2.24) is 0 Å². The molecule has 0 saturated carbocycles. The van der Waals surface area contributed by atoms with Crippen LogP contribution < -0.4 is 10.6 Å². The Labute approximate surface area is 213 Å². The van der Waals surface area contributed by atoms with Gasteiger partial charge in [0.15, 0.2) is 0 Å². The molecule has 1 atom stereocenters. The van der Waals surface area contributed by atoms with Gasteiger partial charge in [0.1, 0.15) is 0 Å². The van der Waals surface area contributed by atoms with Crippen LogP contribution in [0.25, 0.3) is 21.5 Å². The maximum atomic E-state index is 15.8. The van der Waals surface area contributed by atoms with Crippen LogP contribution in [0.3, 0.4) is 0 Å². The molecule has 0 amide bonds. The van der Waals surface area contributed by atoms with Gasteiger partial charge in [-0.2, -0.15) is 0 Å². The molecule has 5 rings (SSSR count). The van der Waals surface area contributed by atoms with Gasteiger partial charge in [-0.1, -0.05) is 118 Å². The Morgan fingerprint density at radius 3 is 1.81 bits per heavy atom. The third kappa shape index (κ3) is 3.72. The van der Waals surface area contributed by atoms with Crippen LogP contribution in [-0.4, -0.2) is 5.52 Å². The van der Waals surface area contributed by atoms with E-state index in [0.29, 0.717) is 17.3 Å². The van der Waals surface area contributed by atoms with Crippen molar-refractivity contribution in [3.63, 3.8) is 0 Å². The Balaban J connectivity index is 2.01. The standard InChI is InChI=1S/C33H31O2P/c1-4-25-26(5-2)29-20-12-13-21-30(29)32(27(25)6-3)36(35,33(34)24-16-8-7-9-17-24)31-22-14-18-23-15-10-11-19-28(23)31/h7-22H,4-6H2,1-3H3. The molecule has 0 radical (unpaired) electrons. The first-order valence-corrected chi connectivity index (χ1v) is 14.5. The van der Waals surface area contributed by atoms with Crippen LogP contribution in [0.2, 0.25) is 0 Å². The summed E-state index contributed by atoms with van der Waals surface area (Å²) in [4.78, 5) is 14.5. The van der Waals surface area contributed by atoms with Crippen molar-refractivity contribution in [2.45, 2.75) is 40.0 Å². The molecule has 0 N–H and O–H groups in total. The van der Waals surface area contributed by atoms with Gasteiger partial charge in [0.05, 0.1) is 0 Å². The molecule has 0 saturated heterocycles. The van der Waals surface area contributed by atoms with Gasteiger partial charge in [0.25, 0.3) is 0 Å². The van der Waals surface area contributed by atoms with Gasteiger partial charge >= 0.3 is 0 Å². The zero-order valence-corrected chi connectivity index (χ0v) is 22.0. The SMILES string of the molecule is CCc1c(CC)c(P(=O)(C(=O)c2ccccc2)c2cccc3ccccc23)c2ccccc2c1CC. The molecule has 0 heterocycles. The minimum absolute atomic E-state index is 0.300. The minimum Gasteiger partial charge on any atom is -0.305 e. The lowest BCUT2D eigenvalue weighted by atomic mass is 9.90.